The molecule has 3 aliphatic rings. The maximum Gasteiger partial charge on any atom is 0.276 e. The first kappa shape index (κ1) is 21.4. The number of carbonyl (C=O) groups excluding carboxylic acids is 2. The summed E-state index contributed by atoms with van der Waals surface area (Å²) >= 11 is 1.58. The number of carbonyl (C=O) groups is 2. The average molecular weight is 471 g/mol. The number of anilines is 1. The van der Waals surface area contributed by atoms with Crippen molar-refractivity contribution < 1.29 is 14.3 Å². The largest absolute Gasteiger partial charge is 0.377 e. The molecular formula is C28H26N2O3S. The topological polar surface area (TPSA) is 59.5 Å². The highest BCUT2D eigenvalue weighted by molar-refractivity contribution is 7.17. The summed E-state index contributed by atoms with van der Waals surface area (Å²) in [7, 11) is 0. The summed E-state index contributed by atoms with van der Waals surface area (Å²) in [5.41, 5.74) is 5.47. The third-order valence-corrected chi connectivity index (χ3v) is 8.06. The van der Waals surface area contributed by atoms with Crippen LogP contribution in [0.3, 0.4) is 0 Å². The van der Waals surface area contributed by atoms with Crippen LogP contribution in [0.1, 0.15) is 57.1 Å². The van der Waals surface area contributed by atoms with Gasteiger partial charge in [-0.05, 0) is 67.0 Å². The Morgan fingerprint density at radius 1 is 1.09 bits per heavy atom. The van der Waals surface area contributed by atoms with Crippen LogP contribution < -0.4 is 4.90 Å². The molecule has 34 heavy (non-hydrogen) atoms. The molecule has 6 rings (SSSR count). The molecule has 0 bridgehead atoms. The van der Waals surface area contributed by atoms with Crippen molar-refractivity contribution in [2.75, 3.05) is 24.7 Å². The van der Waals surface area contributed by atoms with E-state index in [1.807, 2.05) is 41.3 Å². The predicted octanol–water partition coefficient (Wildman–Crippen LogP) is 5.80. The number of para-hydroxylation sites is 1. The van der Waals surface area contributed by atoms with Crippen molar-refractivity contribution in [1.82, 2.24) is 4.98 Å². The van der Waals surface area contributed by atoms with Crippen molar-refractivity contribution in [3.05, 3.63) is 76.4 Å². The SMILES string of the molecule is O=C(CC1CC1)c1cc2c(s1)-c1ccccc1N(C(=O)c1cccc(C3=CCOCC3)n1)CC2. The third-order valence-electron chi connectivity index (χ3n) is 6.80. The minimum absolute atomic E-state index is 0.0952. The molecule has 6 heteroatoms. The first-order valence-electron chi connectivity index (χ1n) is 12.0. The van der Waals surface area contributed by atoms with E-state index in [1.54, 1.807) is 17.4 Å². The summed E-state index contributed by atoms with van der Waals surface area (Å²) in [5, 5.41) is 0. The Balaban J connectivity index is 1.32. The molecule has 2 aromatic heterocycles. The van der Waals surface area contributed by atoms with Crippen molar-refractivity contribution in [2.45, 2.75) is 32.1 Å². The molecule has 4 heterocycles. The van der Waals surface area contributed by atoms with Crippen LogP contribution in [0.4, 0.5) is 5.69 Å². The second kappa shape index (κ2) is 8.93. The number of ketones is 1. The number of fused-ring (bicyclic) bond motifs is 3. The summed E-state index contributed by atoms with van der Waals surface area (Å²) < 4.78 is 5.42. The molecule has 3 aromatic rings. The zero-order valence-corrected chi connectivity index (χ0v) is 19.8. The lowest BCUT2D eigenvalue weighted by molar-refractivity contribution is 0.0972. The standard InChI is InChI=1S/C28H26N2O3S/c31-25(16-18-8-9-18)26-17-20-10-13-30(24-7-2-1-4-21(24)27(20)34-26)28(32)23-6-3-5-22(29-23)19-11-14-33-15-12-19/h1-7,11,17-18H,8-10,12-16H2. The van der Waals surface area contributed by atoms with Gasteiger partial charge >= 0.3 is 0 Å². The molecule has 0 atom stereocenters. The van der Waals surface area contributed by atoms with Gasteiger partial charge in [0.25, 0.3) is 5.91 Å². The molecule has 172 valence electrons. The minimum Gasteiger partial charge on any atom is -0.377 e. The molecule has 0 N–H and O–H groups in total. The number of Topliss-reactive ketones (excluding diaryl/α,β-unsaturated/α-hetero) is 1. The van der Waals surface area contributed by atoms with Crippen molar-refractivity contribution in [2.24, 2.45) is 5.92 Å². The predicted molar refractivity (Wildman–Crippen MR) is 134 cm³/mol. The molecule has 0 unspecified atom stereocenters. The molecule has 2 aliphatic heterocycles. The molecule has 1 aromatic carbocycles. The zero-order valence-electron chi connectivity index (χ0n) is 19.0. The van der Waals surface area contributed by atoms with Crippen molar-refractivity contribution in [1.29, 1.82) is 0 Å². The molecular weight excluding hydrogens is 444 g/mol. The van der Waals surface area contributed by atoms with E-state index in [4.69, 9.17) is 9.72 Å². The van der Waals surface area contributed by atoms with E-state index in [0.717, 1.165) is 44.3 Å². The Bertz CT molecular complexity index is 1300. The highest BCUT2D eigenvalue weighted by Gasteiger charge is 2.30. The van der Waals surface area contributed by atoms with Crippen LogP contribution >= 0.6 is 11.3 Å². The van der Waals surface area contributed by atoms with E-state index in [1.165, 1.54) is 12.8 Å². The number of pyridine rings is 1. The van der Waals surface area contributed by atoms with Crippen molar-refractivity contribution >= 4 is 34.3 Å². The van der Waals surface area contributed by atoms with Gasteiger partial charge < -0.3 is 9.64 Å². The summed E-state index contributed by atoms with van der Waals surface area (Å²) in [6, 6.07) is 15.7. The molecule has 5 nitrogen and oxygen atoms in total. The number of hydrogen-bond donors (Lipinski definition) is 0. The number of thiophene rings is 1. The number of ether oxygens (including phenoxy) is 1. The van der Waals surface area contributed by atoms with Crippen LogP contribution in [0.5, 0.6) is 0 Å². The van der Waals surface area contributed by atoms with Gasteiger partial charge in [-0.1, -0.05) is 30.3 Å². The van der Waals surface area contributed by atoms with Gasteiger partial charge in [0.15, 0.2) is 5.78 Å². The van der Waals surface area contributed by atoms with Crippen LogP contribution in [-0.4, -0.2) is 36.4 Å². The van der Waals surface area contributed by atoms with Gasteiger partial charge in [0.2, 0.25) is 0 Å². The lowest BCUT2D eigenvalue weighted by Gasteiger charge is -2.23. The van der Waals surface area contributed by atoms with E-state index in [0.29, 0.717) is 44.2 Å². The maximum absolute atomic E-state index is 13.7. The summed E-state index contributed by atoms with van der Waals surface area (Å²) in [4.78, 5) is 35.0. The summed E-state index contributed by atoms with van der Waals surface area (Å²) in [6.45, 7) is 1.82. The van der Waals surface area contributed by atoms with Gasteiger partial charge in [0, 0.05) is 23.4 Å². The average Bonchev–Trinajstić information content (AvgIpc) is 3.63. The quantitative estimate of drug-likeness (QED) is 0.442. The van der Waals surface area contributed by atoms with E-state index in [-0.39, 0.29) is 11.7 Å². The summed E-state index contributed by atoms with van der Waals surface area (Å²) in [5.74, 6) is 0.742. The van der Waals surface area contributed by atoms with E-state index in [2.05, 4.69) is 12.1 Å². The van der Waals surface area contributed by atoms with Gasteiger partial charge in [-0.3, -0.25) is 9.59 Å². The molecule has 0 radical (unpaired) electrons. The van der Waals surface area contributed by atoms with Gasteiger partial charge in [-0.25, -0.2) is 4.98 Å². The molecule has 1 fully saturated rings. The van der Waals surface area contributed by atoms with Crippen LogP contribution in [0, 0.1) is 5.92 Å². The zero-order chi connectivity index (χ0) is 23.1. The Morgan fingerprint density at radius 3 is 2.79 bits per heavy atom. The number of nitrogens with zero attached hydrogens (tertiary/aromatic N) is 2. The number of amides is 1. The monoisotopic (exact) mass is 470 g/mol. The van der Waals surface area contributed by atoms with Gasteiger partial charge in [-0.15, -0.1) is 11.3 Å². The lowest BCUT2D eigenvalue weighted by Crippen LogP contribution is -2.33. The van der Waals surface area contributed by atoms with Gasteiger partial charge in [0.1, 0.15) is 5.69 Å². The fourth-order valence-corrected chi connectivity index (χ4v) is 5.95. The normalized spacial score (nSPS) is 17.4. The van der Waals surface area contributed by atoms with Crippen molar-refractivity contribution in [3.8, 4) is 10.4 Å². The Hall–Kier alpha value is -3.09. The van der Waals surface area contributed by atoms with E-state index >= 15 is 0 Å². The second-order valence-electron chi connectivity index (χ2n) is 9.22. The number of hydrogen-bond acceptors (Lipinski definition) is 5. The van der Waals surface area contributed by atoms with Crippen molar-refractivity contribution in [3.63, 3.8) is 0 Å². The number of benzene rings is 1. The first-order valence-corrected chi connectivity index (χ1v) is 12.8. The first-order chi connectivity index (χ1) is 16.7. The van der Waals surface area contributed by atoms with Crippen LogP contribution in [0.15, 0.2) is 54.6 Å². The van der Waals surface area contributed by atoms with E-state index < -0.39 is 0 Å². The molecule has 1 saturated carbocycles. The molecule has 0 saturated heterocycles. The van der Waals surface area contributed by atoms with Crippen LogP contribution in [0.25, 0.3) is 16.0 Å². The van der Waals surface area contributed by atoms with Gasteiger partial charge in [-0.2, -0.15) is 0 Å². The Kier molecular flexibility index (Phi) is 5.63. The number of aromatic nitrogens is 1. The fraction of sp³-hybridized carbons (Fsp3) is 0.321. The molecule has 0 spiro atoms. The third kappa shape index (κ3) is 4.12. The van der Waals surface area contributed by atoms with Crippen LogP contribution in [0.2, 0.25) is 0 Å². The smallest absolute Gasteiger partial charge is 0.276 e. The van der Waals surface area contributed by atoms with E-state index in [9.17, 15) is 9.59 Å². The highest BCUT2D eigenvalue weighted by atomic mass is 32.1. The van der Waals surface area contributed by atoms with Gasteiger partial charge in [0.05, 0.1) is 29.5 Å². The Morgan fingerprint density at radius 2 is 1.97 bits per heavy atom. The second-order valence-corrected chi connectivity index (χ2v) is 10.3. The molecule has 1 aliphatic carbocycles. The van der Waals surface area contributed by atoms with Crippen LogP contribution in [-0.2, 0) is 11.2 Å². The lowest BCUT2D eigenvalue weighted by atomic mass is 10.1. The number of rotatable bonds is 5. The fourth-order valence-electron chi connectivity index (χ4n) is 4.76. The summed E-state index contributed by atoms with van der Waals surface area (Å²) in [6.07, 6.45) is 6.58. The highest BCUT2D eigenvalue weighted by Crippen LogP contribution is 2.43. The maximum atomic E-state index is 13.7. The molecule has 1 amide bonds. The minimum atomic E-state index is -0.0952. The Labute approximate surface area is 203 Å².